The molecule has 5 heteroatoms. The van der Waals surface area contributed by atoms with Gasteiger partial charge in [0, 0.05) is 37.0 Å². The number of nitrogens with one attached hydrogen (secondary N) is 1. The maximum absolute atomic E-state index is 13.7. The van der Waals surface area contributed by atoms with Crippen molar-refractivity contribution < 1.29 is 4.39 Å². The molecule has 23 heavy (non-hydrogen) atoms. The predicted molar refractivity (Wildman–Crippen MR) is 91.2 cm³/mol. The molecule has 2 heterocycles. The van der Waals surface area contributed by atoms with Crippen LogP contribution in [0, 0.1) is 12.7 Å². The largest absolute Gasteiger partial charge is 0.356 e. The van der Waals surface area contributed by atoms with Gasteiger partial charge >= 0.3 is 0 Å². The summed E-state index contributed by atoms with van der Waals surface area (Å²) in [6, 6.07) is 8.80. The van der Waals surface area contributed by atoms with E-state index in [1.807, 2.05) is 19.1 Å². The standard InChI is InChI=1S/C18H23FN4/c1-14-12-17(23-10-6-2-3-7-11-23)22-18(21-14)20-13-15-8-4-5-9-16(15)19/h4-5,8-9,12H,2-3,6-7,10-11,13H2,1H3,(H,20,21,22). The van der Waals surface area contributed by atoms with E-state index in [2.05, 4.69) is 20.2 Å². The smallest absolute Gasteiger partial charge is 0.225 e. The lowest BCUT2D eigenvalue weighted by Crippen LogP contribution is -2.25. The topological polar surface area (TPSA) is 41.1 Å². The highest BCUT2D eigenvalue weighted by Crippen LogP contribution is 2.20. The normalized spacial score (nSPS) is 15.3. The van der Waals surface area contributed by atoms with Crippen molar-refractivity contribution in [1.82, 2.24) is 9.97 Å². The van der Waals surface area contributed by atoms with Gasteiger partial charge in [0.2, 0.25) is 5.95 Å². The summed E-state index contributed by atoms with van der Waals surface area (Å²) in [6.45, 7) is 4.44. The first-order valence-electron chi connectivity index (χ1n) is 8.30. The van der Waals surface area contributed by atoms with Gasteiger partial charge in [0.15, 0.2) is 0 Å². The van der Waals surface area contributed by atoms with Crippen LogP contribution in [0.15, 0.2) is 30.3 Å². The second-order valence-corrected chi connectivity index (χ2v) is 6.04. The van der Waals surface area contributed by atoms with Crippen LogP contribution in [-0.2, 0) is 6.54 Å². The van der Waals surface area contributed by atoms with Gasteiger partial charge in [0.25, 0.3) is 0 Å². The summed E-state index contributed by atoms with van der Waals surface area (Å²) < 4.78 is 13.7. The van der Waals surface area contributed by atoms with Crippen LogP contribution in [0.4, 0.5) is 16.2 Å². The molecule has 3 rings (SSSR count). The average Bonchev–Trinajstić information content (AvgIpc) is 2.83. The summed E-state index contributed by atoms with van der Waals surface area (Å²) >= 11 is 0. The molecule has 0 atom stereocenters. The Balaban J connectivity index is 1.73. The molecule has 1 N–H and O–H groups in total. The highest BCUT2D eigenvalue weighted by atomic mass is 19.1. The van der Waals surface area contributed by atoms with Gasteiger partial charge in [-0.25, -0.2) is 9.37 Å². The summed E-state index contributed by atoms with van der Waals surface area (Å²) in [6.07, 6.45) is 5.00. The number of halogens is 1. The van der Waals surface area contributed by atoms with Crippen LogP contribution < -0.4 is 10.2 Å². The number of aryl methyl sites for hydroxylation is 1. The molecule has 1 fully saturated rings. The minimum Gasteiger partial charge on any atom is -0.356 e. The van der Waals surface area contributed by atoms with Gasteiger partial charge in [-0.3, -0.25) is 0 Å². The lowest BCUT2D eigenvalue weighted by atomic mass is 10.2. The molecule has 0 bridgehead atoms. The van der Waals surface area contributed by atoms with E-state index in [-0.39, 0.29) is 5.82 Å². The third-order valence-corrected chi connectivity index (χ3v) is 4.17. The molecule has 0 saturated carbocycles. The average molecular weight is 314 g/mol. The monoisotopic (exact) mass is 314 g/mol. The Kier molecular flexibility index (Phi) is 5.05. The van der Waals surface area contributed by atoms with Gasteiger partial charge in [-0.2, -0.15) is 4.98 Å². The maximum Gasteiger partial charge on any atom is 0.225 e. The van der Waals surface area contributed by atoms with E-state index in [4.69, 9.17) is 0 Å². The molecule has 0 aliphatic carbocycles. The highest BCUT2D eigenvalue weighted by molar-refractivity contribution is 5.45. The van der Waals surface area contributed by atoms with Crippen molar-refractivity contribution in [1.29, 1.82) is 0 Å². The number of nitrogens with zero attached hydrogens (tertiary/aromatic N) is 3. The van der Waals surface area contributed by atoms with Crippen LogP contribution >= 0.6 is 0 Å². The zero-order valence-corrected chi connectivity index (χ0v) is 13.6. The van der Waals surface area contributed by atoms with Crippen molar-refractivity contribution in [2.75, 3.05) is 23.3 Å². The van der Waals surface area contributed by atoms with Crippen LogP contribution in [0.5, 0.6) is 0 Å². The quantitative estimate of drug-likeness (QED) is 0.929. The van der Waals surface area contributed by atoms with E-state index in [1.165, 1.54) is 31.7 Å². The van der Waals surface area contributed by atoms with Crippen molar-refractivity contribution in [2.24, 2.45) is 0 Å². The van der Waals surface area contributed by atoms with Crippen LogP contribution in [0.25, 0.3) is 0 Å². The van der Waals surface area contributed by atoms with Gasteiger partial charge < -0.3 is 10.2 Å². The zero-order valence-electron chi connectivity index (χ0n) is 13.6. The molecule has 1 aromatic heterocycles. The lowest BCUT2D eigenvalue weighted by Gasteiger charge is -2.22. The number of aromatic nitrogens is 2. The van der Waals surface area contributed by atoms with E-state index in [1.54, 1.807) is 12.1 Å². The Morgan fingerprint density at radius 2 is 1.83 bits per heavy atom. The fraction of sp³-hybridized carbons (Fsp3) is 0.444. The van der Waals surface area contributed by atoms with Gasteiger partial charge in [0.1, 0.15) is 11.6 Å². The fourth-order valence-electron chi connectivity index (χ4n) is 2.91. The van der Waals surface area contributed by atoms with Crippen molar-refractivity contribution in [2.45, 2.75) is 39.2 Å². The summed E-state index contributed by atoms with van der Waals surface area (Å²) in [5, 5.41) is 3.15. The molecular formula is C18H23FN4. The number of anilines is 2. The van der Waals surface area contributed by atoms with Crippen LogP contribution in [0.1, 0.15) is 36.9 Å². The molecule has 1 saturated heterocycles. The van der Waals surface area contributed by atoms with Crippen LogP contribution in [0.2, 0.25) is 0 Å². The maximum atomic E-state index is 13.7. The first kappa shape index (κ1) is 15.7. The molecule has 0 spiro atoms. The Labute approximate surface area is 136 Å². The summed E-state index contributed by atoms with van der Waals surface area (Å²) in [7, 11) is 0. The Bertz CT molecular complexity index is 651. The zero-order chi connectivity index (χ0) is 16.1. The van der Waals surface area contributed by atoms with Crippen molar-refractivity contribution in [3.05, 3.63) is 47.4 Å². The van der Waals surface area contributed by atoms with E-state index in [0.29, 0.717) is 18.1 Å². The first-order valence-corrected chi connectivity index (χ1v) is 8.30. The second-order valence-electron chi connectivity index (χ2n) is 6.04. The number of rotatable bonds is 4. The summed E-state index contributed by atoms with van der Waals surface area (Å²) in [5.41, 5.74) is 1.55. The number of hydrogen-bond acceptors (Lipinski definition) is 4. The van der Waals surface area contributed by atoms with E-state index in [9.17, 15) is 4.39 Å². The molecule has 4 nitrogen and oxygen atoms in total. The van der Waals surface area contributed by atoms with Crippen molar-refractivity contribution >= 4 is 11.8 Å². The molecule has 1 aromatic carbocycles. The van der Waals surface area contributed by atoms with Gasteiger partial charge in [-0.05, 0) is 25.8 Å². The summed E-state index contributed by atoms with van der Waals surface area (Å²) in [4.78, 5) is 11.4. The molecular weight excluding hydrogens is 291 g/mol. The SMILES string of the molecule is Cc1cc(N2CCCCCC2)nc(NCc2ccccc2F)n1. The first-order chi connectivity index (χ1) is 11.2. The Morgan fingerprint density at radius 3 is 2.57 bits per heavy atom. The van der Waals surface area contributed by atoms with Crippen molar-refractivity contribution in [3.8, 4) is 0 Å². The molecule has 0 amide bonds. The van der Waals surface area contributed by atoms with Crippen molar-refractivity contribution in [3.63, 3.8) is 0 Å². The second kappa shape index (κ2) is 7.40. The van der Waals surface area contributed by atoms with Gasteiger partial charge in [0.05, 0.1) is 0 Å². The van der Waals surface area contributed by atoms with Gasteiger partial charge in [-0.15, -0.1) is 0 Å². The lowest BCUT2D eigenvalue weighted by molar-refractivity contribution is 0.612. The Morgan fingerprint density at radius 1 is 1.09 bits per heavy atom. The van der Waals surface area contributed by atoms with Crippen LogP contribution in [0.3, 0.4) is 0 Å². The molecule has 0 radical (unpaired) electrons. The third-order valence-electron chi connectivity index (χ3n) is 4.17. The number of benzene rings is 1. The van der Waals surface area contributed by atoms with E-state index < -0.39 is 0 Å². The fourth-order valence-corrected chi connectivity index (χ4v) is 2.91. The highest BCUT2D eigenvalue weighted by Gasteiger charge is 2.13. The van der Waals surface area contributed by atoms with E-state index >= 15 is 0 Å². The molecule has 1 aliphatic rings. The van der Waals surface area contributed by atoms with E-state index in [0.717, 1.165) is 24.6 Å². The van der Waals surface area contributed by atoms with Crippen LogP contribution in [-0.4, -0.2) is 23.1 Å². The molecule has 1 aliphatic heterocycles. The molecule has 122 valence electrons. The third kappa shape index (κ3) is 4.18. The minimum atomic E-state index is -0.208. The predicted octanol–water partition coefficient (Wildman–Crippen LogP) is 3.92. The summed E-state index contributed by atoms with van der Waals surface area (Å²) in [5.74, 6) is 1.32. The Hall–Kier alpha value is -2.17. The van der Waals surface area contributed by atoms with Gasteiger partial charge in [-0.1, -0.05) is 31.0 Å². The molecule has 2 aromatic rings. The molecule has 0 unspecified atom stereocenters. The minimum absolute atomic E-state index is 0.208. The number of hydrogen-bond donors (Lipinski definition) is 1.